The predicted molar refractivity (Wildman–Crippen MR) is 108 cm³/mol. The van der Waals surface area contributed by atoms with Gasteiger partial charge in [-0.05, 0) is 38.1 Å². The van der Waals surface area contributed by atoms with Crippen LogP contribution in [0.4, 0.5) is 10.1 Å². The van der Waals surface area contributed by atoms with Crippen LogP contribution >= 0.6 is 11.6 Å². The van der Waals surface area contributed by atoms with Crippen LogP contribution in [-0.4, -0.2) is 38.8 Å². The summed E-state index contributed by atoms with van der Waals surface area (Å²) in [5, 5.41) is 5.74. The Morgan fingerprint density at radius 3 is 2.39 bits per heavy atom. The van der Waals surface area contributed by atoms with Crippen LogP contribution in [0.2, 0.25) is 5.02 Å². The molecular weight excluding hydrogens is 405 g/mol. The first-order chi connectivity index (χ1) is 13.0. The number of carbonyl (C=O) groups excluding carboxylic acids is 1. The summed E-state index contributed by atoms with van der Waals surface area (Å²) >= 11 is 6.01. The van der Waals surface area contributed by atoms with Gasteiger partial charge < -0.3 is 5.32 Å². The van der Waals surface area contributed by atoms with Crippen LogP contribution in [-0.2, 0) is 14.8 Å². The van der Waals surface area contributed by atoms with Crippen molar-refractivity contribution < 1.29 is 17.6 Å². The second kappa shape index (κ2) is 9.00. The fourth-order valence-corrected chi connectivity index (χ4v) is 3.99. The van der Waals surface area contributed by atoms with Gasteiger partial charge in [0.25, 0.3) is 0 Å². The lowest BCUT2D eigenvalue weighted by atomic mass is 10.1. The van der Waals surface area contributed by atoms with Gasteiger partial charge in [0, 0.05) is 31.4 Å². The van der Waals surface area contributed by atoms with E-state index in [0.717, 1.165) is 4.31 Å². The highest BCUT2D eigenvalue weighted by Gasteiger charge is 2.23. The maximum Gasteiger partial charge on any atom is 0.244 e. The molecule has 0 aliphatic heterocycles. The van der Waals surface area contributed by atoms with E-state index < -0.39 is 28.0 Å². The van der Waals surface area contributed by atoms with Crippen molar-refractivity contribution in [1.29, 1.82) is 0 Å². The highest BCUT2D eigenvalue weighted by molar-refractivity contribution is 7.89. The Morgan fingerprint density at radius 1 is 1.14 bits per heavy atom. The number of rotatable bonds is 7. The number of halogens is 2. The van der Waals surface area contributed by atoms with Gasteiger partial charge in [0.2, 0.25) is 15.9 Å². The summed E-state index contributed by atoms with van der Waals surface area (Å²) in [6.45, 7) is 3.40. The molecule has 0 aromatic heterocycles. The zero-order valence-corrected chi connectivity index (χ0v) is 17.6. The minimum absolute atomic E-state index is 0.0612. The van der Waals surface area contributed by atoms with Gasteiger partial charge >= 0.3 is 0 Å². The Bertz CT molecular complexity index is 967. The molecule has 28 heavy (non-hydrogen) atoms. The molecule has 0 saturated carbocycles. The average Bonchev–Trinajstić information content (AvgIpc) is 2.63. The summed E-state index contributed by atoms with van der Waals surface area (Å²) in [7, 11) is -0.961. The molecule has 2 aromatic rings. The van der Waals surface area contributed by atoms with E-state index in [1.165, 1.54) is 38.4 Å². The van der Waals surface area contributed by atoms with Gasteiger partial charge in [-0.15, -0.1) is 0 Å². The fourth-order valence-electron chi connectivity index (χ4n) is 2.59. The van der Waals surface area contributed by atoms with Gasteiger partial charge in [0.05, 0.1) is 11.1 Å². The molecule has 0 fully saturated rings. The molecule has 2 N–H and O–H groups in total. The van der Waals surface area contributed by atoms with E-state index in [-0.39, 0.29) is 15.7 Å². The smallest absolute Gasteiger partial charge is 0.244 e. The monoisotopic (exact) mass is 427 g/mol. The fraction of sp³-hybridized carbons (Fsp3) is 0.316. The van der Waals surface area contributed by atoms with Crippen LogP contribution in [0.5, 0.6) is 0 Å². The van der Waals surface area contributed by atoms with Gasteiger partial charge in [-0.2, -0.15) is 0 Å². The molecule has 9 heteroatoms. The first-order valence-electron chi connectivity index (χ1n) is 8.57. The number of benzene rings is 2. The van der Waals surface area contributed by atoms with E-state index in [1.54, 1.807) is 32.0 Å². The highest BCUT2D eigenvalue weighted by atomic mass is 35.5. The maximum absolute atomic E-state index is 13.9. The highest BCUT2D eigenvalue weighted by Crippen LogP contribution is 2.27. The second-order valence-electron chi connectivity index (χ2n) is 6.55. The van der Waals surface area contributed by atoms with Gasteiger partial charge in [0.15, 0.2) is 0 Å². The molecule has 2 aromatic carbocycles. The lowest BCUT2D eigenvalue weighted by molar-refractivity contribution is -0.117. The lowest BCUT2D eigenvalue weighted by Gasteiger charge is -2.21. The first kappa shape index (κ1) is 22.3. The number of hydrogen-bond donors (Lipinski definition) is 2. The predicted octanol–water partition coefficient (Wildman–Crippen LogP) is 3.41. The van der Waals surface area contributed by atoms with E-state index in [2.05, 4.69) is 10.6 Å². The lowest BCUT2D eigenvalue weighted by Crippen LogP contribution is -2.39. The average molecular weight is 428 g/mol. The zero-order chi connectivity index (χ0) is 21.1. The van der Waals surface area contributed by atoms with Crippen LogP contribution in [0.1, 0.15) is 25.5 Å². The molecule has 2 atom stereocenters. The summed E-state index contributed by atoms with van der Waals surface area (Å²) in [5.41, 5.74) is 0.745. The van der Waals surface area contributed by atoms with Crippen molar-refractivity contribution in [3.8, 4) is 0 Å². The summed E-state index contributed by atoms with van der Waals surface area (Å²) in [4.78, 5) is 12.4. The van der Waals surface area contributed by atoms with E-state index in [9.17, 15) is 17.6 Å². The second-order valence-corrected chi connectivity index (χ2v) is 9.08. The van der Waals surface area contributed by atoms with Crippen molar-refractivity contribution in [2.24, 2.45) is 0 Å². The Hall–Kier alpha value is -2.00. The van der Waals surface area contributed by atoms with Crippen LogP contribution in [0.3, 0.4) is 0 Å². The third kappa shape index (κ3) is 5.08. The largest absolute Gasteiger partial charge is 0.325 e. The van der Waals surface area contributed by atoms with Crippen LogP contribution in [0, 0.1) is 5.82 Å². The first-order valence-corrected chi connectivity index (χ1v) is 10.4. The Labute approximate surface area is 169 Å². The van der Waals surface area contributed by atoms with Gasteiger partial charge in [-0.1, -0.05) is 29.8 Å². The molecule has 1 amide bonds. The molecule has 152 valence electrons. The molecule has 0 aliphatic rings. The van der Waals surface area contributed by atoms with Crippen LogP contribution < -0.4 is 10.6 Å². The number of hydrogen-bond acceptors (Lipinski definition) is 4. The van der Waals surface area contributed by atoms with Gasteiger partial charge in [-0.25, -0.2) is 17.1 Å². The molecule has 0 bridgehead atoms. The third-order valence-electron chi connectivity index (χ3n) is 4.22. The summed E-state index contributed by atoms with van der Waals surface area (Å²) in [6, 6.07) is 9.52. The molecule has 2 unspecified atom stereocenters. The minimum atomic E-state index is -3.75. The third-order valence-corrected chi connectivity index (χ3v) is 6.52. The molecule has 0 radical (unpaired) electrons. The van der Waals surface area contributed by atoms with Crippen LogP contribution in [0.25, 0.3) is 0 Å². The van der Waals surface area contributed by atoms with E-state index in [4.69, 9.17) is 11.6 Å². The van der Waals surface area contributed by atoms with Crippen molar-refractivity contribution in [3.63, 3.8) is 0 Å². The van der Waals surface area contributed by atoms with Gasteiger partial charge in [-0.3, -0.25) is 10.1 Å². The summed E-state index contributed by atoms with van der Waals surface area (Å²) in [6.07, 6.45) is 0. The number of carbonyl (C=O) groups is 1. The van der Waals surface area contributed by atoms with E-state index in [0.29, 0.717) is 11.3 Å². The van der Waals surface area contributed by atoms with Crippen molar-refractivity contribution in [2.75, 3.05) is 19.4 Å². The normalized spacial score (nSPS) is 14.0. The molecule has 0 saturated heterocycles. The topological polar surface area (TPSA) is 78.5 Å². The summed E-state index contributed by atoms with van der Waals surface area (Å²) < 4.78 is 39.6. The SMILES string of the molecule is CC(NC(C)c1ccccc1F)C(=O)Nc1ccc(Cl)c(S(=O)(=O)N(C)C)c1. The minimum Gasteiger partial charge on any atom is -0.325 e. The Morgan fingerprint density at radius 2 is 1.79 bits per heavy atom. The molecule has 0 aliphatic carbocycles. The molecule has 0 spiro atoms. The number of anilines is 1. The van der Waals surface area contributed by atoms with Crippen molar-refractivity contribution in [1.82, 2.24) is 9.62 Å². The van der Waals surface area contributed by atoms with Crippen molar-refractivity contribution in [2.45, 2.75) is 30.8 Å². The number of amides is 1. The number of nitrogens with one attached hydrogen (secondary N) is 2. The quantitative estimate of drug-likeness (QED) is 0.709. The number of nitrogens with zero attached hydrogens (tertiary/aromatic N) is 1. The Kier molecular flexibility index (Phi) is 7.16. The van der Waals surface area contributed by atoms with Gasteiger partial charge in [0.1, 0.15) is 10.7 Å². The molecular formula is C19H23ClFN3O3S. The van der Waals surface area contributed by atoms with E-state index in [1.807, 2.05) is 0 Å². The van der Waals surface area contributed by atoms with E-state index >= 15 is 0 Å². The summed E-state index contributed by atoms with van der Waals surface area (Å²) in [5.74, 6) is -0.745. The zero-order valence-electron chi connectivity index (χ0n) is 16.0. The molecule has 2 rings (SSSR count). The van der Waals surface area contributed by atoms with Crippen LogP contribution in [0.15, 0.2) is 47.4 Å². The standard InChI is InChI=1S/C19H23ClFN3O3S/c1-12(15-7-5-6-8-17(15)21)22-13(2)19(25)23-14-9-10-16(20)18(11-14)28(26,27)24(3)4/h5-13,22H,1-4H3,(H,23,25). The van der Waals surface area contributed by atoms with Crippen molar-refractivity contribution in [3.05, 3.63) is 58.9 Å². The van der Waals surface area contributed by atoms with Crippen molar-refractivity contribution >= 4 is 33.2 Å². The maximum atomic E-state index is 13.9. The molecule has 6 nitrogen and oxygen atoms in total. The number of sulfonamides is 1. The molecule has 0 heterocycles. The Balaban J connectivity index is 2.13.